The highest BCUT2D eigenvalue weighted by atomic mass is 35.5. The SMILES string of the molecule is OC[C@@H]1C[C@H]1Cn1cc(Nc2ncc3nnn(-c4ccc(Cl)c(F)c4)c3n2)cn1. The van der Waals surface area contributed by atoms with Crippen LogP contribution in [0.4, 0.5) is 16.0 Å². The Balaban J connectivity index is 1.38. The molecule has 0 radical (unpaired) electrons. The zero-order chi connectivity index (χ0) is 20.0. The molecule has 0 unspecified atom stereocenters. The van der Waals surface area contributed by atoms with Crippen LogP contribution in [0.15, 0.2) is 36.8 Å². The number of hydrogen-bond donors (Lipinski definition) is 2. The summed E-state index contributed by atoms with van der Waals surface area (Å²) in [7, 11) is 0. The fourth-order valence-corrected chi connectivity index (χ4v) is 3.35. The Morgan fingerprint density at radius 2 is 2.17 bits per heavy atom. The number of aliphatic hydroxyl groups is 1. The highest BCUT2D eigenvalue weighted by Gasteiger charge is 2.36. The summed E-state index contributed by atoms with van der Waals surface area (Å²) in [5, 5.41) is 24.7. The van der Waals surface area contributed by atoms with Crippen molar-refractivity contribution >= 4 is 34.4 Å². The minimum absolute atomic E-state index is 0.0312. The lowest BCUT2D eigenvalue weighted by molar-refractivity contribution is 0.265. The first-order valence-corrected chi connectivity index (χ1v) is 9.43. The molecule has 1 aliphatic carbocycles. The summed E-state index contributed by atoms with van der Waals surface area (Å²) in [6.45, 7) is 0.996. The highest BCUT2D eigenvalue weighted by Crippen LogP contribution is 2.39. The number of hydrogen-bond acceptors (Lipinski definition) is 7. The smallest absolute Gasteiger partial charge is 0.229 e. The number of fused-ring (bicyclic) bond motifs is 1. The lowest BCUT2D eigenvalue weighted by Gasteiger charge is -2.04. The van der Waals surface area contributed by atoms with E-state index in [0.29, 0.717) is 34.6 Å². The third-order valence-corrected chi connectivity index (χ3v) is 5.26. The van der Waals surface area contributed by atoms with Crippen molar-refractivity contribution in [1.29, 1.82) is 0 Å². The van der Waals surface area contributed by atoms with Gasteiger partial charge in [0.2, 0.25) is 5.95 Å². The standard InChI is InChI=1S/C18H16ClFN8O/c19-14-2-1-13(4-15(14)20)28-17-16(25-26-28)6-21-18(24-17)23-12-5-22-27(8-12)7-10-3-11(10)9-29/h1-2,4-6,8,10-11,29H,3,7,9H2,(H,21,23,24)/t10-,11-/m0/s1. The predicted molar refractivity (Wildman–Crippen MR) is 104 cm³/mol. The summed E-state index contributed by atoms with van der Waals surface area (Å²) in [4.78, 5) is 8.70. The Morgan fingerprint density at radius 3 is 2.97 bits per heavy atom. The maximum Gasteiger partial charge on any atom is 0.229 e. The van der Waals surface area contributed by atoms with Gasteiger partial charge in [-0.2, -0.15) is 14.8 Å². The second-order valence-electron chi connectivity index (χ2n) is 7.02. The van der Waals surface area contributed by atoms with Crippen LogP contribution in [0.25, 0.3) is 16.9 Å². The zero-order valence-corrected chi connectivity index (χ0v) is 15.8. The van der Waals surface area contributed by atoms with Gasteiger partial charge in [0.25, 0.3) is 0 Å². The predicted octanol–water partition coefficient (Wildman–Crippen LogP) is 2.57. The molecule has 0 saturated heterocycles. The summed E-state index contributed by atoms with van der Waals surface area (Å²) >= 11 is 5.75. The molecule has 2 N–H and O–H groups in total. The number of aliphatic hydroxyl groups excluding tert-OH is 1. The van der Waals surface area contributed by atoms with E-state index in [9.17, 15) is 4.39 Å². The van der Waals surface area contributed by atoms with Gasteiger partial charge in [-0.05, 0) is 30.4 Å². The van der Waals surface area contributed by atoms with E-state index in [1.807, 2.05) is 10.9 Å². The van der Waals surface area contributed by atoms with E-state index in [-0.39, 0.29) is 11.6 Å². The van der Waals surface area contributed by atoms with E-state index in [4.69, 9.17) is 16.7 Å². The number of nitrogens with one attached hydrogen (secondary N) is 1. The molecule has 0 spiro atoms. The fourth-order valence-electron chi connectivity index (χ4n) is 3.23. The van der Waals surface area contributed by atoms with Gasteiger partial charge in [-0.15, -0.1) is 5.10 Å². The van der Waals surface area contributed by atoms with Gasteiger partial charge in [-0.1, -0.05) is 16.8 Å². The number of aromatic nitrogens is 7. The van der Waals surface area contributed by atoms with Gasteiger partial charge in [0.1, 0.15) is 5.82 Å². The summed E-state index contributed by atoms with van der Waals surface area (Å²) in [5.74, 6) is 0.647. The van der Waals surface area contributed by atoms with Crippen molar-refractivity contribution in [2.75, 3.05) is 11.9 Å². The van der Waals surface area contributed by atoms with Crippen LogP contribution in [-0.2, 0) is 6.54 Å². The molecule has 1 saturated carbocycles. The van der Waals surface area contributed by atoms with E-state index in [2.05, 4.69) is 30.7 Å². The summed E-state index contributed by atoms with van der Waals surface area (Å²) in [5.41, 5.74) is 2.10. The van der Waals surface area contributed by atoms with Crippen molar-refractivity contribution in [3.63, 3.8) is 0 Å². The Morgan fingerprint density at radius 1 is 1.28 bits per heavy atom. The molecule has 1 aliphatic rings. The minimum Gasteiger partial charge on any atom is -0.396 e. The highest BCUT2D eigenvalue weighted by molar-refractivity contribution is 6.30. The van der Waals surface area contributed by atoms with Gasteiger partial charge in [-0.3, -0.25) is 4.68 Å². The van der Waals surface area contributed by atoms with Gasteiger partial charge in [0.05, 0.1) is 28.8 Å². The summed E-state index contributed by atoms with van der Waals surface area (Å²) in [6.07, 6.45) is 6.13. The van der Waals surface area contributed by atoms with Crippen molar-refractivity contribution in [2.45, 2.75) is 13.0 Å². The topological polar surface area (TPSA) is 107 Å². The van der Waals surface area contributed by atoms with Crippen LogP contribution in [0.1, 0.15) is 6.42 Å². The van der Waals surface area contributed by atoms with Gasteiger partial charge < -0.3 is 10.4 Å². The van der Waals surface area contributed by atoms with E-state index in [1.54, 1.807) is 18.5 Å². The third kappa shape index (κ3) is 3.52. The van der Waals surface area contributed by atoms with Crippen molar-refractivity contribution in [3.8, 4) is 5.69 Å². The first-order chi connectivity index (χ1) is 14.1. The molecule has 1 fully saturated rings. The second-order valence-corrected chi connectivity index (χ2v) is 7.42. The molecule has 0 bridgehead atoms. The minimum atomic E-state index is -0.549. The largest absolute Gasteiger partial charge is 0.396 e. The first kappa shape index (κ1) is 18.0. The molecular weight excluding hydrogens is 399 g/mol. The van der Waals surface area contributed by atoms with Crippen molar-refractivity contribution in [1.82, 2.24) is 34.7 Å². The molecule has 0 aliphatic heterocycles. The van der Waals surface area contributed by atoms with Gasteiger partial charge in [-0.25, -0.2) is 9.37 Å². The van der Waals surface area contributed by atoms with Crippen molar-refractivity contribution in [3.05, 3.63) is 47.6 Å². The maximum absolute atomic E-state index is 13.8. The van der Waals surface area contributed by atoms with Crippen molar-refractivity contribution < 1.29 is 9.50 Å². The fraction of sp³-hybridized carbons (Fsp3) is 0.278. The van der Waals surface area contributed by atoms with Gasteiger partial charge >= 0.3 is 0 Å². The first-order valence-electron chi connectivity index (χ1n) is 9.05. The lowest BCUT2D eigenvalue weighted by atomic mass is 10.3. The summed E-state index contributed by atoms with van der Waals surface area (Å²) in [6, 6.07) is 4.36. The lowest BCUT2D eigenvalue weighted by Crippen LogP contribution is -2.03. The molecule has 29 heavy (non-hydrogen) atoms. The summed E-state index contributed by atoms with van der Waals surface area (Å²) < 4.78 is 17.1. The Kier molecular flexibility index (Phi) is 4.36. The Bertz CT molecular complexity index is 1190. The number of benzene rings is 1. The molecule has 9 nitrogen and oxygen atoms in total. The van der Waals surface area contributed by atoms with Gasteiger partial charge in [0.15, 0.2) is 11.2 Å². The van der Waals surface area contributed by atoms with Crippen molar-refractivity contribution in [2.24, 2.45) is 11.8 Å². The van der Waals surface area contributed by atoms with Gasteiger partial charge in [0, 0.05) is 25.4 Å². The molecule has 0 amide bonds. The monoisotopic (exact) mass is 414 g/mol. The molecule has 148 valence electrons. The second kappa shape index (κ2) is 7.05. The molecule has 1 aromatic carbocycles. The molecular formula is C18H16ClFN8O. The normalized spacial score (nSPS) is 18.3. The quantitative estimate of drug-likeness (QED) is 0.499. The van der Waals surface area contributed by atoms with Crippen LogP contribution in [-0.4, -0.2) is 46.5 Å². The average Bonchev–Trinajstić information content (AvgIpc) is 3.10. The maximum atomic E-state index is 13.8. The number of halogens is 2. The molecule has 3 heterocycles. The molecule has 5 rings (SSSR count). The van der Waals surface area contributed by atoms with Crippen LogP contribution in [0.3, 0.4) is 0 Å². The number of rotatable bonds is 6. The number of nitrogens with zero attached hydrogens (tertiary/aromatic N) is 7. The zero-order valence-electron chi connectivity index (χ0n) is 15.1. The Hall–Kier alpha value is -3.11. The molecule has 2 atom stereocenters. The molecule has 11 heteroatoms. The third-order valence-electron chi connectivity index (χ3n) is 4.95. The van der Waals surface area contributed by atoms with Crippen LogP contribution >= 0.6 is 11.6 Å². The van der Waals surface area contributed by atoms with Crippen LogP contribution in [0.5, 0.6) is 0 Å². The van der Waals surface area contributed by atoms with E-state index in [1.165, 1.54) is 16.8 Å². The molecule has 4 aromatic rings. The van der Waals surface area contributed by atoms with E-state index in [0.717, 1.165) is 18.7 Å². The van der Waals surface area contributed by atoms with Crippen LogP contribution in [0, 0.1) is 17.7 Å². The van der Waals surface area contributed by atoms with Crippen LogP contribution in [0.2, 0.25) is 5.02 Å². The Labute approximate surface area is 169 Å². The van der Waals surface area contributed by atoms with E-state index >= 15 is 0 Å². The van der Waals surface area contributed by atoms with Crippen LogP contribution < -0.4 is 5.32 Å². The average molecular weight is 415 g/mol. The van der Waals surface area contributed by atoms with E-state index < -0.39 is 5.82 Å². The number of anilines is 2. The molecule has 3 aromatic heterocycles.